The van der Waals surface area contributed by atoms with Gasteiger partial charge in [-0.1, -0.05) is 48.2 Å². The summed E-state index contributed by atoms with van der Waals surface area (Å²) in [6, 6.07) is 6.09. The van der Waals surface area contributed by atoms with Gasteiger partial charge in [-0.2, -0.15) is 0 Å². The molecule has 0 fully saturated rings. The molecule has 0 saturated carbocycles. The number of nitrogens with two attached hydrogens (primary N) is 1. The summed E-state index contributed by atoms with van der Waals surface area (Å²) in [6.45, 7) is 6.35. The molecule has 1 rings (SSSR count). The summed E-state index contributed by atoms with van der Waals surface area (Å²) in [5, 5.41) is 0. The predicted molar refractivity (Wildman–Crippen MR) is 85.6 cm³/mol. The third-order valence-electron chi connectivity index (χ3n) is 3.26. The van der Waals surface area contributed by atoms with E-state index in [1.54, 1.807) is 0 Å². The number of halogens is 1. The summed E-state index contributed by atoms with van der Waals surface area (Å²) < 4.78 is 6.97. The van der Waals surface area contributed by atoms with Crippen LogP contribution in [0, 0.1) is 0 Å². The van der Waals surface area contributed by atoms with Crippen molar-refractivity contribution in [2.24, 2.45) is 5.73 Å². The van der Waals surface area contributed by atoms with E-state index in [0.29, 0.717) is 0 Å². The van der Waals surface area contributed by atoms with Crippen LogP contribution in [0.4, 0.5) is 0 Å². The molecule has 0 aliphatic heterocycles. The minimum Gasteiger partial charge on any atom is -0.491 e. The molecule has 0 radical (unpaired) electrons. The highest BCUT2D eigenvalue weighted by Gasteiger charge is 2.08. The van der Waals surface area contributed by atoms with Gasteiger partial charge >= 0.3 is 0 Å². The van der Waals surface area contributed by atoms with Crippen molar-refractivity contribution in [3.05, 3.63) is 28.2 Å². The van der Waals surface area contributed by atoms with Crippen molar-refractivity contribution in [3.63, 3.8) is 0 Å². The predicted octanol–water partition coefficient (Wildman–Crippen LogP) is 5.21. The van der Waals surface area contributed by atoms with Crippen molar-refractivity contribution in [1.82, 2.24) is 0 Å². The van der Waals surface area contributed by atoms with Gasteiger partial charge in [0.2, 0.25) is 0 Å². The molecule has 0 bridgehead atoms. The zero-order chi connectivity index (χ0) is 14.3. The van der Waals surface area contributed by atoms with Crippen LogP contribution in [0.1, 0.15) is 64.5 Å². The molecular weight excluding hydrogens is 302 g/mol. The Morgan fingerprint density at radius 2 is 1.95 bits per heavy atom. The van der Waals surface area contributed by atoms with Crippen molar-refractivity contribution >= 4 is 15.9 Å². The zero-order valence-electron chi connectivity index (χ0n) is 12.3. The Balaban J connectivity index is 2.46. The maximum atomic E-state index is 5.94. The van der Waals surface area contributed by atoms with Crippen molar-refractivity contribution in [3.8, 4) is 5.75 Å². The van der Waals surface area contributed by atoms with E-state index in [4.69, 9.17) is 10.5 Å². The van der Waals surface area contributed by atoms with Gasteiger partial charge in [0.15, 0.2) is 0 Å². The lowest BCUT2D eigenvalue weighted by atomic mass is 10.1. The van der Waals surface area contributed by atoms with E-state index in [9.17, 15) is 0 Å². The minimum atomic E-state index is 0.0369. The van der Waals surface area contributed by atoms with Gasteiger partial charge in [-0.3, -0.25) is 0 Å². The van der Waals surface area contributed by atoms with E-state index >= 15 is 0 Å². The summed E-state index contributed by atoms with van der Waals surface area (Å²) in [5.74, 6) is 0.916. The molecule has 0 aromatic heterocycles. The second-order valence-corrected chi connectivity index (χ2v) is 6.10. The lowest BCUT2D eigenvalue weighted by Crippen LogP contribution is -2.12. The van der Waals surface area contributed by atoms with Crippen LogP contribution in [0.5, 0.6) is 5.75 Å². The van der Waals surface area contributed by atoms with Crippen LogP contribution < -0.4 is 10.5 Å². The molecule has 0 aliphatic carbocycles. The van der Waals surface area contributed by atoms with E-state index < -0.39 is 0 Å². The molecule has 1 aromatic rings. The maximum Gasteiger partial charge on any atom is 0.120 e. The Labute approximate surface area is 125 Å². The normalized spacial score (nSPS) is 14.2. The molecule has 2 atom stereocenters. The monoisotopic (exact) mass is 327 g/mol. The quantitative estimate of drug-likeness (QED) is 0.665. The zero-order valence-corrected chi connectivity index (χ0v) is 13.9. The van der Waals surface area contributed by atoms with Crippen LogP contribution in [0.15, 0.2) is 22.7 Å². The van der Waals surface area contributed by atoms with Gasteiger partial charge in [-0.05, 0) is 44.4 Å². The third kappa shape index (κ3) is 5.96. The van der Waals surface area contributed by atoms with E-state index in [1.165, 1.54) is 25.7 Å². The van der Waals surface area contributed by atoms with Crippen LogP contribution >= 0.6 is 15.9 Å². The highest BCUT2D eigenvalue weighted by atomic mass is 79.9. The van der Waals surface area contributed by atoms with Gasteiger partial charge in [-0.25, -0.2) is 0 Å². The van der Waals surface area contributed by atoms with Crippen molar-refractivity contribution < 1.29 is 4.74 Å². The number of benzene rings is 1. The highest BCUT2D eigenvalue weighted by molar-refractivity contribution is 9.10. The molecule has 0 heterocycles. The highest BCUT2D eigenvalue weighted by Crippen LogP contribution is 2.27. The number of unbranched alkanes of at least 4 members (excludes halogenated alkanes) is 3. The Morgan fingerprint density at radius 3 is 2.53 bits per heavy atom. The summed E-state index contributed by atoms with van der Waals surface area (Å²) in [6.07, 6.45) is 6.53. The number of rotatable bonds is 8. The molecule has 2 nitrogen and oxygen atoms in total. The fourth-order valence-corrected chi connectivity index (χ4v) is 2.82. The van der Waals surface area contributed by atoms with Gasteiger partial charge < -0.3 is 10.5 Å². The van der Waals surface area contributed by atoms with E-state index in [2.05, 4.69) is 29.8 Å². The molecule has 0 amide bonds. The smallest absolute Gasteiger partial charge is 0.120 e. The first-order valence-electron chi connectivity index (χ1n) is 7.26. The molecule has 1 aromatic carbocycles. The van der Waals surface area contributed by atoms with Crippen molar-refractivity contribution in [2.45, 2.75) is 65.0 Å². The minimum absolute atomic E-state index is 0.0369. The molecular formula is C16H26BrNO. The Kier molecular flexibility index (Phi) is 7.47. The van der Waals surface area contributed by atoms with Crippen molar-refractivity contribution in [1.29, 1.82) is 0 Å². The third-order valence-corrected chi connectivity index (χ3v) is 3.95. The largest absolute Gasteiger partial charge is 0.491 e. The van der Waals surface area contributed by atoms with Gasteiger partial charge in [0.25, 0.3) is 0 Å². The van der Waals surface area contributed by atoms with E-state index in [-0.39, 0.29) is 12.1 Å². The summed E-state index contributed by atoms with van der Waals surface area (Å²) in [4.78, 5) is 0. The van der Waals surface area contributed by atoms with E-state index in [0.717, 1.165) is 22.2 Å². The molecule has 0 aliphatic rings. The molecule has 1 unspecified atom stereocenters. The Bertz CT molecular complexity index is 379. The van der Waals surface area contributed by atoms with Crippen LogP contribution in [-0.4, -0.2) is 6.10 Å². The number of ether oxygens (including phenoxy) is 1. The average molecular weight is 328 g/mol. The first kappa shape index (κ1) is 16.5. The summed E-state index contributed by atoms with van der Waals surface area (Å²) in [7, 11) is 0. The van der Waals surface area contributed by atoms with Crippen LogP contribution in [0.2, 0.25) is 0 Å². The molecule has 108 valence electrons. The average Bonchev–Trinajstić information content (AvgIpc) is 2.34. The van der Waals surface area contributed by atoms with Crippen LogP contribution in [-0.2, 0) is 0 Å². The molecule has 2 N–H and O–H groups in total. The van der Waals surface area contributed by atoms with Crippen LogP contribution in [0.3, 0.4) is 0 Å². The van der Waals surface area contributed by atoms with Crippen LogP contribution in [0.25, 0.3) is 0 Å². The lowest BCUT2D eigenvalue weighted by Gasteiger charge is -2.16. The number of hydrogen-bond donors (Lipinski definition) is 1. The molecule has 0 spiro atoms. The van der Waals surface area contributed by atoms with Gasteiger partial charge in [0.1, 0.15) is 5.75 Å². The fraction of sp³-hybridized carbons (Fsp3) is 0.625. The number of hydrogen-bond acceptors (Lipinski definition) is 2. The standard InChI is InChI=1S/C16H26BrNO/c1-4-5-6-7-8-12(2)19-14-9-10-15(13(3)18)16(17)11-14/h9-13H,4-8,18H2,1-3H3/t12?,13-/m1/s1. The molecule has 19 heavy (non-hydrogen) atoms. The second kappa shape index (κ2) is 8.60. The van der Waals surface area contributed by atoms with E-state index in [1.807, 2.05) is 25.1 Å². The Hall–Kier alpha value is -0.540. The van der Waals surface area contributed by atoms with Crippen molar-refractivity contribution in [2.75, 3.05) is 0 Å². The SMILES string of the molecule is CCCCCCC(C)Oc1ccc([C@@H](C)N)c(Br)c1. The maximum absolute atomic E-state index is 5.94. The van der Waals surface area contributed by atoms with Gasteiger partial charge in [0.05, 0.1) is 6.10 Å². The lowest BCUT2D eigenvalue weighted by molar-refractivity contribution is 0.206. The van der Waals surface area contributed by atoms with Gasteiger partial charge in [0, 0.05) is 10.5 Å². The summed E-state index contributed by atoms with van der Waals surface area (Å²) in [5.41, 5.74) is 7.00. The fourth-order valence-electron chi connectivity index (χ4n) is 2.10. The van der Waals surface area contributed by atoms with Gasteiger partial charge in [-0.15, -0.1) is 0 Å². The second-order valence-electron chi connectivity index (χ2n) is 5.25. The molecule has 3 heteroatoms. The first-order valence-corrected chi connectivity index (χ1v) is 8.05. The summed E-state index contributed by atoms with van der Waals surface area (Å²) >= 11 is 3.55. The topological polar surface area (TPSA) is 35.2 Å². The Morgan fingerprint density at radius 1 is 1.21 bits per heavy atom. The first-order chi connectivity index (χ1) is 9.04. The molecule has 0 saturated heterocycles.